The molecule has 1 N–H and O–H groups in total. The van der Waals surface area contributed by atoms with Crippen molar-refractivity contribution in [1.82, 2.24) is 19.9 Å². The molecule has 0 saturated carbocycles. The first-order chi connectivity index (χ1) is 19.5. The summed E-state index contributed by atoms with van der Waals surface area (Å²) in [6, 6.07) is 20.0. The van der Waals surface area contributed by atoms with Crippen molar-refractivity contribution in [3.8, 4) is 11.1 Å². The molecule has 4 heterocycles. The van der Waals surface area contributed by atoms with Gasteiger partial charge in [-0.15, -0.1) is 0 Å². The molecule has 0 fully saturated rings. The topological polar surface area (TPSA) is 66.8 Å². The molecule has 5 nitrogen and oxygen atoms in total. The third kappa shape index (κ3) is 3.27. The lowest BCUT2D eigenvalue weighted by molar-refractivity contribution is 0.799. The van der Waals surface area contributed by atoms with Crippen molar-refractivity contribution in [3.63, 3.8) is 0 Å². The van der Waals surface area contributed by atoms with Gasteiger partial charge < -0.3 is 4.98 Å². The van der Waals surface area contributed by atoms with Crippen LogP contribution < -0.4 is 0 Å². The number of benzene rings is 4. The first kappa shape index (κ1) is 23.3. The molecule has 0 amide bonds. The Kier molecular flexibility index (Phi) is 4.90. The summed E-state index contributed by atoms with van der Waals surface area (Å²) in [4.78, 5) is 22.9. The highest BCUT2D eigenvalue weighted by Gasteiger charge is 2.23. The minimum Gasteiger partial charge on any atom is -0.340 e. The van der Waals surface area contributed by atoms with Gasteiger partial charge in [-0.3, -0.25) is 15.0 Å². The number of aliphatic imine (C=N–C) groups is 1. The van der Waals surface area contributed by atoms with Gasteiger partial charge in [0.25, 0.3) is 0 Å². The Bertz CT molecular complexity index is 2200. The van der Waals surface area contributed by atoms with Gasteiger partial charge in [0.05, 0.1) is 22.2 Å². The van der Waals surface area contributed by atoms with E-state index in [9.17, 15) is 0 Å². The number of aromatic amines is 1. The Morgan fingerprint density at radius 1 is 0.700 bits per heavy atom. The summed E-state index contributed by atoms with van der Waals surface area (Å²) >= 11 is 0. The van der Waals surface area contributed by atoms with Gasteiger partial charge in [-0.2, -0.15) is 0 Å². The van der Waals surface area contributed by atoms with E-state index >= 15 is 0 Å². The van der Waals surface area contributed by atoms with Crippen molar-refractivity contribution in [3.05, 3.63) is 84.6 Å². The summed E-state index contributed by atoms with van der Waals surface area (Å²) in [5, 5.41) is 8.34. The van der Waals surface area contributed by atoms with E-state index in [4.69, 9.17) is 15.0 Å². The molecular formula is C35H29N5. The van der Waals surface area contributed by atoms with Gasteiger partial charge in [-0.25, -0.2) is 4.98 Å². The molecular weight excluding hydrogens is 490 g/mol. The monoisotopic (exact) mass is 519 g/mol. The van der Waals surface area contributed by atoms with Crippen LogP contribution in [0.3, 0.4) is 0 Å². The van der Waals surface area contributed by atoms with Crippen LogP contribution in [-0.4, -0.2) is 25.6 Å². The zero-order chi connectivity index (χ0) is 27.1. The first-order valence-electron chi connectivity index (χ1n) is 14.1. The lowest BCUT2D eigenvalue weighted by Crippen LogP contribution is -2.06. The van der Waals surface area contributed by atoms with Gasteiger partial charge in [-0.1, -0.05) is 58.0 Å². The third-order valence-electron chi connectivity index (χ3n) is 8.49. The number of fused-ring (bicyclic) bond motifs is 12. The van der Waals surface area contributed by atoms with E-state index < -0.39 is 0 Å². The van der Waals surface area contributed by atoms with E-state index in [1.807, 2.05) is 24.7 Å². The molecule has 194 valence electrons. The van der Waals surface area contributed by atoms with E-state index in [1.54, 1.807) is 0 Å². The van der Waals surface area contributed by atoms with Crippen molar-refractivity contribution >= 4 is 65.7 Å². The number of nitrogens with one attached hydrogen (secondary N) is 1. The zero-order valence-electron chi connectivity index (χ0n) is 23.1. The maximum atomic E-state index is 5.07. The van der Waals surface area contributed by atoms with Crippen LogP contribution in [-0.2, 0) is 6.42 Å². The van der Waals surface area contributed by atoms with E-state index in [0.29, 0.717) is 11.8 Å². The second-order valence-electron chi connectivity index (χ2n) is 11.6. The Labute approximate surface area is 232 Å². The molecule has 3 aromatic heterocycles. The molecule has 0 aliphatic carbocycles. The fraction of sp³-hybridized carbons (Fsp3) is 0.200. The predicted molar refractivity (Wildman–Crippen MR) is 167 cm³/mol. The van der Waals surface area contributed by atoms with E-state index in [0.717, 1.165) is 50.6 Å². The lowest BCUT2D eigenvalue weighted by atomic mass is 9.91. The average molecular weight is 520 g/mol. The molecule has 5 heteroatoms. The molecule has 7 aromatic rings. The number of hydrogen-bond acceptors (Lipinski definition) is 4. The molecule has 0 saturated heterocycles. The van der Waals surface area contributed by atoms with Gasteiger partial charge in [0.15, 0.2) is 0 Å². The maximum absolute atomic E-state index is 5.07. The molecule has 0 radical (unpaired) electrons. The van der Waals surface area contributed by atoms with Crippen molar-refractivity contribution in [2.75, 3.05) is 0 Å². The molecule has 0 bridgehead atoms. The summed E-state index contributed by atoms with van der Waals surface area (Å²) in [6.07, 6.45) is 6.63. The van der Waals surface area contributed by atoms with Gasteiger partial charge >= 0.3 is 0 Å². The van der Waals surface area contributed by atoms with Crippen molar-refractivity contribution in [2.24, 2.45) is 10.9 Å². The molecule has 0 spiro atoms. The van der Waals surface area contributed by atoms with E-state index in [2.05, 4.69) is 86.2 Å². The van der Waals surface area contributed by atoms with E-state index in [-0.39, 0.29) is 0 Å². The van der Waals surface area contributed by atoms with Gasteiger partial charge in [0, 0.05) is 52.8 Å². The fourth-order valence-corrected chi connectivity index (χ4v) is 6.33. The third-order valence-corrected chi connectivity index (χ3v) is 8.49. The number of imidazole rings is 1. The summed E-state index contributed by atoms with van der Waals surface area (Å²) in [6.45, 7) is 8.78. The minimum atomic E-state index is 0.312. The smallest absolute Gasteiger partial charge is 0.109 e. The molecule has 40 heavy (non-hydrogen) atoms. The van der Waals surface area contributed by atoms with E-state index in [1.165, 1.54) is 43.9 Å². The predicted octanol–water partition coefficient (Wildman–Crippen LogP) is 9.04. The molecule has 1 aliphatic rings. The average Bonchev–Trinajstić information content (AvgIpc) is 3.64. The summed E-state index contributed by atoms with van der Waals surface area (Å²) in [5.41, 5.74) is 9.01. The molecule has 0 atom stereocenters. The minimum absolute atomic E-state index is 0.312. The Morgan fingerprint density at radius 3 is 2.23 bits per heavy atom. The highest BCUT2D eigenvalue weighted by Crippen LogP contribution is 2.44. The number of rotatable bonds is 3. The number of hydrogen-bond donors (Lipinski definition) is 1. The number of nitrogens with zero attached hydrogens (tertiary/aromatic N) is 4. The quantitative estimate of drug-likeness (QED) is 0.237. The Hall–Kier alpha value is -4.64. The highest BCUT2D eigenvalue weighted by atomic mass is 14.9. The first-order valence-corrected chi connectivity index (χ1v) is 14.1. The molecule has 0 unspecified atom stereocenters. The number of pyridine rings is 2. The fourth-order valence-electron chi connectivity index (χ4n) is 6.33. The second-order valence-corrected chi connectivity index (χ2v) is 11.6. The normalized spacial score (nSPS) is 13.5. The molecule has 8 rings (SSSR count). The van der Waals surface area contributed by atoms with Crippen LogP contribution in [0.15, 0.2) is 78.2 Å². The van der Waals surface area contributed by atoms with Crippen LogP contribution in [0, 0.1) is 5.92 Å². The maximum Gasteiger partial charge on any atom is 0.109 e. The standard InChI is InChI=1S/C35H29N5/c1-18(2)30-16-28-22-9-7-20(14-26(22)23-11-13-36-17-29(23)31(28)38-30)21-8-10-25-27(15-21)24-6-5-12-37-32(24)34-33(25)39-35(40-34)19(3)4/h5-15,17-19H,16H2,1-4H3,(H,39,40). The Morgan fingerprint density at radius 2 is 1.45 bits per heavy atom. The van der Waals surface area contributed by atoms with Crippen LogP contribution in [0.25, 0.3) is 65.4 Å². The van der Waals surface area contributed by atoms with Crippen LogP contribution in [0.1, 0.15) is 45.0 Å². The number of aromatic nitrogens is 4. The van der Waals surface area contributed by atoms with Crippen LogP contribution in [0.5, 0.6) is 0 Å². The van der Waals surface area contributed by atoms with Gasteiger partial charge in [-0.05, 0) is 68.4 Å². The lowest BCUT2D eigenvalue weighted by Gasteiger charge is -2.13. The zero-order valence-corrected chi connectivity index (χ0v) is 23.1. The van der Waals surface area contributed by atoms with Crippen molar-refractivity contribution < 1.29 is 0 Å². The number of H-pyrrole nitrogens is 1. The van der Waals surface area contributed by atoms with Crippen molar-refractivity contribution in [1.29, 1.82) is 0 Å². The van der Waals surface area contributed by atoms with Crippen molar-refractivity contribution in [2.45, 2.75) is 40.0 Å². The van der Waals surface area contributed by atoms with Crippen LogP contribution in [0.2, 0.25) is 0 Å². The highest BCUT2D eigenvalue weighted by molar-refractivity contribution is 6.23. The Balaban J connectivity index is 1.37. The SMILES string of the molecule is CC(C)C1=Nc2c(c3ccc(-c4ccc5c(c4)c4cccnc4c4[nH]c(C(C)C)nc54)cc3c3ccncc23)C1. The largest absolute Gasteiger partial charge is 0.340 e. The van der Waals surface area contributed by atoms with Crippen LogP contribution >= 0.6 is 0 Å². The second kappa shape index (κ2) is 8.43. The summed E-state index contributed by atoms with van der Waals surface area (Å²) in [5.74, 6) is 1.73. The van der Waals surface area contributed by atoms with Gasteiger partial charge in [0.2, 0.25) is 0 Å². The molecule has 4 aromatic carbocycles. The van der Waals surface area contributed by atoms with Gasteiger partial charge in [0.1, 0.15) is 5.82 Å². The summed E-state index contributed by atoms with van der Waals surface area (Å²) < 4.78 is 0. The summed E-state index contributed by atoms with van der Waals surface area (Å²) in [7, 11) is 0. The van der Waals surface area contributed by atoms with Crippen LogP contribution in [0.4, 0.5) is 5.69 Å². The molecule has 1 aliphatic heterocycles.